The van der Waals surface area contributed by atoms with Crippen LogP contribution in [0.15, 0.2) is 24.5 Å². The van der Waals surface area contributed by atoms with Crippen LogP contribution >= 0.6 is 0 Å². The van der Waals surface area contributed by atoms with Gasteiger partial charge in [-0.25, -0.2) is 4.98 Å². The molecule has 0 spiro atoms. The second kappa shape index (κ2) is 4.99. The van der Waals surface area contributed by atoms with E-state index in [1.165, 1.54) is 0 Å². The maximum Gasteiger partial charge on any atom is 0.224 e. The summed E-state index contributed by atoms with van der Waals surface area (Å²) in [5, 5.41) is 2.91. The van der Waals surface area contributed by atoms with Crippen LogP contribution in [0.5, 0.6) is 0 Å². The molecule has 0 aliphatic heterocycles. The molecule has 0 fully saturated rings. The third kappa shape index (κ3) is 2.64. The summed E-state index contributed by atoms with van der Waals surface area (Å²) in [5.41, 5.74) is 2.52. The van der Waals surface area contributed by atoms with Crippen LogP contribution in [-0.2, 0) is 4.79 Å². The Morgan fingerprint density at radius 1 is 1.53 bits per heavy atom. The van der Waals surface area contributed by atoms with Gasteiger partial charge in [0.2, 0.25) is 5.91 Å². The summed E-state index contributed by atoms with van der Waals surface area (Å²) >= 11 is 0. The summed E-state index contributed by atoms with van der Waals surface area (Å²) < 4.78 is 1.92. The van der Waals surface area contributed by atoms with Gasteiger partial charge in [0.05, 0.1) is 11.4 Å². The van der Waals surface area contributed by atoms with E-state index in [0.29, 0.717) is 6.42 Å². The molecule has 17 heavy (non-hydrogen) atoms. The highest BCUT2D eigenvalue weighted by atomic mass is 16.1. The fourth-order valence-electron chi connectivity index (χ4n) is 1.78. The summed E-state index contributed by atoms with van der Waals surface area (Å²) in [6, 6.07) is 3.79. The van der Waals surface area contributed by atoms with Gasteiger partial charge in [0, 0.05) is 18.8 Å². The minimum atomic E-state index is 0.0561. The maximum absolute atomic E-state index is 11.7. The minimum Gasteiger partial charge on any atom is -0.323 e. The molecule has 0 aromatic carbocycles. The third-order valence-electron chi connectivity index (χ3n) is 2.63. The Morgan fingerprint density at radius 3 is 3.12 bits per heavy atom. The summed E-state index contributed by atoms with van der Waals surface area (Å²) in [7, 11) is 0. The molecule has 0 radical (unpaired) electrons. The first-order valence-corrected chi connectivity index (χ1v) is 5.95. The lowest BCUT2D eigenvalue weighted by Crippen LogP contribution is -2.11. The van der Waals surface area contributed by atoms with Gasteiger partial charge >= 0.3 is 0 Å². The van der Waals surface area contributed by atoms with Gasteiger partial charge in [0.1, 0.15) is 0 Å². The highest BCUT2D eigenvalue weighted by Crippen LogP contribution is 2.16. The quantitative estimate of drug-likeness (QED) is 0.879. The number of imidazole rings is 1. The predicted molar refractivity (Wildman–Crippen MR) is 68.1 cm³/mol. The number of carbonyl (C=O) groups excluding carboxylic acids is 1. The Balaban J connectivity index is 2.20. The van der Waals surface area contributed by atoms with Gasteiger partial charge in [-0.15, -0.1) is 0 Å². The van der Waals surface area contributed by atoms with E-state index in [0.717, 1.165) is 29.9 Å². The molecular formula is C13H17N3O. The summed E-state index contributed by atoms with van der Waals surface area (Å²) in [5.74, 6) is 0.0561. The van der Waals surface area contributed by atoms with Gasteiger partial charge in [0.25, 0.3) is 0 Å². The van der Waals surface area contributed by atoms with Crippen molar-refractivity contribution in [2.24, 2.45) is 0 Å². The molecule has 2 aromatic heterocycles. The average molecular weight is 231 g/mol. The molecule has 2 rings (SSSR count). The van der Waals surface area contributed by atoms with Gasteiger partial charge < -0.3 is 9.72 Å². The van der Waals surface area contributed by atoms with Crippen LogP contribution in [0.2, 0.25) is 0 Å². The van der Waals surface area contributed by atoms with E-state index < -0.39 is 0 Å². The first-order valence-electron chi connectivity index (χ1n) is 5.95. The van der Waals surface area contributed by atoms with E-state index in [9.17, 15) is 4.79 Å². The lowest BCUT2D eigenvalue weighted by molar-refractivity contribution is -0.116. The predicted octanol–water partition coefficient (Wildman–Crippen LogP) is 2.77. The van der Waals surface area contributed by atoms with Crippen molar-refractivity contribution in [3.63, 3.8) is 0 Å². The number of pyridine rings is 1. The molecular weight excluding hydrogens is 214 g/mol. The number of hydrogen-bond acceptors (Lipinski definition) is 2. The molecule has 0 aliphatic carbocycles. The molecule has 0 bridgehead atoms. The zero-order chi connectivity index (χ0) is 12.3. The number of nitrogens with one attached hydrogen (secondary N) is 1. The van der Waals surface area contributed by atoms with E-state index >= 15 is 0 Å². The van der Waals surface area contributed by atoms with Gasteiger partial charge in [0.15, 0.2) is 5.65 Å². The van der Waals surface area contributed by atoms with E-state index in [1.54, 1.807) is 0 Å². The zero-order valence-corrected chi connectivity index (χ0v) is 10.2. The molecule has 2 heterocycles. The Morgan fingerprint density at radius 2 is 2.35 bits per heavy atom. The second-order valence-electron chi connectivity index (χ2n) is 4.19. The minimum absolute atomic E-state index is 0.0561. The lowest BCUT2D eigenvalue weighted by atomic mass is 10.2. The third-order valence-corrected chi connectivity index (χ3v) is 2.63. The van der Waals surface area contributed by atoms with Crippen molar-refractivity contribution in [2.75, 3.05) is 5.32 Å². The zero-order valence-electron chi connectivity index (χ0n) is 10.2. The Kier molecular flexibility index (Phi) is 3.42. The highest BCUT2D eigenvalue weighted by Gasteiger charge is 2.07. The van der Waals surface area contributed by atoms with Crippen LogP contribution < -0.4 is 5.32 Å². The highest BCUT2D eigenvalue weighted by molar-refractivity contribution is 5.94. The first kappa shape index (κ1) is 11.6. The second-order valence-corrected chi connectivity index (χ2v) is 4.19. The van der Waals surface area contributed by atoms with Crippen molar-refractivity contribution in [1.82, 2.24) is 9.38 Å². The van der Waals surface area contributed by atoms with Crippen molar-refractivity contribution in [1.29, 1.82) is 0 Å². The fourth-order valence-corrected chi connectivity index (χ4v) is 1.78. The van der Waals surface area contributed by atoms with Crippen LogP contribution in [0.1, 0.15) is 31.9 Å². The van der Waals surface area contributed by atoms with Gasteiger partial charge in [-0.05, 0) is 25.5 Å². The molecule has 1 amide bonds. The molecule has 90 valence electrons. The number of anilines is 1. The van der Waals surface area contributed by atoms with Crippen LogP contribution in [0, 0.1) is 6.92 Å². The molecule has 2 aromatic rings. The Bertz CT molecular complexity index is 530. The lowest BCUT2D eigenvalue weighted by Gasteiger charge is -2.05. The van der Waals surface area contributed by atoms with Gasteiger partial charge in [-0.1, -0.05) is 13.3 Å². The van der Waals surface area contributed by atoms with Crippen LogP contribution in [0.4, 0.5) is 5.69 Å². The Labute approximate surface area is 101 Å². The average Bonchev–Trinajstić information content (AvgIpc) is 2.68. The maximum atomic E-state index is 11.7. The molecule has 0 saturated heterocycles. The number of unbranched alkanes of at least 4 members (excludes halogenated alkanes) is 1. The standard InChI is InChI=1S/C13H17N3O/c1-3-4-7-12(17)15-11-6-5-8-16-9-10(2)14-13(11)16/h5-6,8-9H,3-4,7H2,1-2H3,(H,15,17). The number of carbonyl (C=O) groups is 1. The number of hydrogen-bond donors (Lipinski definition) is 1. The van der Waals surface area contributed by atoms with Gasteiger partial charge in [-0.3, -0.25) is 4.79 Å². The number of fused-ring (bicyclic) bond motifs is 1. The van der Waals surface area contributed by atoms with Crippen molar-refractivity contribution in [3.8, 4) is 0 Å². The number of aryl methyl sites for hydroxylation is 1. The first-order chi connectivity index (χ1) is 8.20. The Hall–Kier alpha value is -1.84. The molecule has 0 unspecified atom stereocenters. The molecule has 0 atom stereocenters. The largest absolute Gasteiger partial charge is 0.323 e. The van der Waals surface area contributed by atoms with Crippen molar-refractivity contribution >= 4 is 17.2 Å². The number of nitrogens with zero attached hydrogens (tertiary/aromatic N) is 2. The SMILES string of the molecule is CCCCC(=O)Nc1cccn2cc(C)nc12. The molecule has 4 nitrogen and oxygen atoms in total. The monoisotopic (exact) mass is 231 g/mol. The van der Waals surface area contributed by atoms with Crippen molar-refractivity contribution in [3.05, 3.63) is 30.2 Å². The molecule has 0 saturated carbocycles. The number of aromatic nitrogens is 2. The van der Waals surface area contributed by atoms with E-state index in [2.05, 4.69) is 17.2 Å². The smallest absolute Gasteiger partial charge is 0.224 e. The summed E-state index contributed by atoms with van der Waals surface area (Å²) in [6.45, 7) is 4.02. The molecule has 4 heteroatoms. The van der Waals surface area contributed by atoms with E-state index in [1.807, 2.05) is 35.9 Å². The fraction of sp³-hybridized carbons (Fsp3) is 0.385. The normalized spacial score (nSPS) is 10.7. The van der Waals surface area contributed by atoms with Crippen molar-refractivity contribution in [2.45, 2.75) is 33.1 Å². The molecule has 1 N–H and O–H groups in total. The molecule has 0 aliphatic rings. The van der Waals surface area contributed by atoms with Gasteiger partial charge in [-0.2, -0.15) is 0 Å². The topological polar surface area (TPSA) is 46.4 Å². The number of rotatable bonds is 4. The van der Waals surface area contributed by atoms with Crippen LogP contribution in [-0.4, -0.2) is 15.3 Å². The summed E-state index contributed by atoms with van der Waals surface area (Å²) in [6.07, 6.45) is 6.38. The van der Waals surface area contributed by atoms with Crippen molar-refractivity contribution < 1.29 is 4.79 Å². The van der Waals surface area contributed by atoms with E-state index in [-0.39, 0.29) is 5.91 Å². The van der Waals surface area contributed by atoms with E-state index in [4.69, 9.17) is 0 Å². The van der Waals surface area contributed by atoms with Crippen LogP contribution in [0.3, 0.4) is 0 Å². The van der Waals surface area contributed by atoms with Crippen LogP contribution in [0.25, 0.3) is 5.65 Å². The number of amides is 1. The summed E-state index contributed by atoms with van der Waals surface area (Å²) in [4.78, 5) is 16.1.